The third kappa shape index (κ3) is 1.40. The molecule has 0 amide bonds. The van der Waals surface area contributed by atoms with E-state index < -0.39 is 70.1 Å². The summed E-state index contributed by atoms with van der Waals surface area (Å²) >= 11 is 0. The number of alkyl halides is 20. The quantitative estimate of drug-likeness (QED) is 0.324. The number of fused-ring (bicyclic) bond motifs is 5. The molecule has 3 aliphatic carbocycles. The fraction of sp³-hybridized carbons (Fsp3) is 1.00. The van der Waals surface area contributed by atoms with Gasteiger partial charge in [-0.3, -0.25) is 0 Å². The van der Waals surface area contributed by atoms with Crippen LogP contribution in [0.1, 0.15) is 0 Å². The van der Waals surface area contributed by atoms with Crippen LogP contribution in [0.2, 0.25) is 0 Å². The van der Waals surface area contributed by atoms with Crippen molar-refractivity contribution in [2.45, 2.75) is 59.2 Å². The summed E-state index contributed by atoms with van der Waals surface area (Å²) in [6.45, 7) is 0. The van der Waals surface area contributed by atoms with Gasteiger partial charge in [0.2, 0.25) is 16.5 Å². The second-order valence-corrected chi connectivity index (χ2v) is 7.26. The van der Waals surface area contributed by atoms with E-state index in [0.29, 0.717) is 0 Å². The van der Waals surface area contributed by atoms with Gasteiger partial charge in [-0.15, -0.1) is 0 Å². The largest absolute Gasteiger partial charge is 0.407 e. The van der Waals surface area contributed by atoms with Gasteiger partial charge in [-0.2, -0.15) is 70.2 Å². The van der Waals surface area contributed by atoms with E-state index in [4.69, 9.17) is 0 Å². The summed E-state index contributed by atoms with van der Waals surface area (Å²) in [7, 11) is 0. The molecule has 0 aromatic carbocycles. The minimum atomic E-state index is -8.88. The van der Waals surface area contributed by atoms with Gasteiger partial charge >= 0.3 is 47.9 Å². The molecule has 0 aliphatic heterocycles. The standard InChI is InChI=1S/C12F20/c13-3-1(11(27,28)29,6(17,18)10(25,26)8(3,21)22)2(12(30,31)32)5(15,16)4(3,14)9(23,24)7(2,19)20. The zero-order valence-electron chi connectivity index (χ0n) is 13.6. The molecular weight excluding hydrogens is 524 g/mol. The Morgan fingerprint density at radius 1 is 0.281 bits per heavy atom. The van der Waals surface area contributed by atoms with E-state index >= 15 is 4.39 Å². The number of hydrogen-bond donors (Lipinski definition) is 0. The van der Waals surface area contributed by atoms with Crippen molar-refractivity contribution in [3.63, 3.8) is 0 Å². The Bertz CT molecular complexity index is 876. The zero-order chi connectivity index (χ0) is 26.0. The lowest BCUT2D eigenvalue weighted by Gasteiger charge is -2.55. The molecule has 0 heterocycles. The van der Waals surface area contributed by atoms with Crippen molar-refractivity contribution in [1.29, 1.82) is 0 Å². The van der Waals surface area contributed by atoms with E-state index in [9.17, 15) is 83.4 Å². The molecule has 0 spiro atoms. The molecule has 3 saturated carbocycles. The van der Waals surface area contributed by atoms with Crippen molar-refractivity contribution in [3.8, 4) is 0 Å². The van der Waals surface area contributed by atoms with Gasteiger partial charge in [0.25, 0.3) is 5.67 Å². The van der Waals surface area contributed by atoms with Crippen LogP contribution in [0.15, 0.2) is 0 Å². The van der Waals surface area contributed by atoms with Crippen LogP contribution < -0.4 is 0 Å². The van der Waals surface area contributed by atoms with Gasteiger partial charge in [-0.25, -0.2) is 17.6 Å². The van der Waals surface area contributed by atoms with Gasteiger partial charge in [0.05, 0.1) is 0 Å². The van der Waals surface area contributed by atoms with E-state index in [-0.39, 0.29) is 0 Å². The van der Waals surface area contributed by atoms with Crippen LogP contribution >= 0.6 is 0 Å². The summed E-state index contributed by atoms with van der Waals surface area (Å²) in [5, 5.41) is 0. The highest BCUT2D eigenvalue weighted by Gasteiger charge is 3.29. The molecule has 3 aliphatic rings. The highest BCUT2D eigenvalue weighted by molar-refractivity contribution is 5.56. The second kappa shape index (κ2) is 4.86. The number of halogens is 20. The Labute approximate surface area is 159 Å². The number of hydrogen-bond acceptors (Lipinski definition) is 0. The predicted molar refractivity (Wildman–Crippen MR) is 54.3 cm³/mol. The normalized spacial score (nSPS) is 46.9. The van der Waals surface area contributed by atoms with E-state index in [1.54, 1.807) is 0 Å². The average molecular weight is 524 g/mol. The molecule has 3 rings (SSSR count). The van der Waals surface area contributed by atoms with Crippen LogP contribution in [-0.2, 0) is 0 Å². The minimum Gasteiger partial charge on any atom is -0.231 e. The molecule has 0 aromatic rings. The second-order valence-electron chi connectivity index (χ2n) is 7.26. The van der Waals surface area contributed by atoms with Gasteiger partial charge in [-0.1, -0.05) is 0 Å². The monoisotopic (exact) mass is 524 g/mol. The average Bonchev–Trinajstić information content (AvgIpc) is 2.73. The van der Waals surface area contributed by atoms with Crippen molar-refractivity contribution in [2.24, 2.45) is 10.8 Å². The molecule has 4 unspecified atom stereocenters. The first-order chi connectivity index (χ1) is 13.5. The lowest BCUT2D eigenvalue weighted by molar-refractivity contribution is -0.485. The minimum absolute atomic E-state index is 8.30. The zero-order valence-corrected chi connectivity index (χ0v) is 13.6. The molecule has 4 atom stereocenters. The Morgan fingerprint density at radius 2 is 0.562 bits per heavy atom. The summed E-state index contributed by atoms with van der Waals surface area (Å²) in [6.07, 6.45) is -17.4. The summed E-state index contributed by atoms with van der Waals surface area (Å²) in [6, 6.07) is 0. The molecule has 2 bridgehead atoms. The fourth-order valence-corrected chi connectivity index (χ4v) is 5.23. The van der Waals surface area contributed by atoms with Gasteiger partial charge in [-0.05, 0) is 0 Å². The highest BCUT2D eigenvalue weighted by Crippen LogP contribution is 2.98. The van der Waals surface area contributed by atoms with Crippen LogP contribution in [0.3, 0.4) is 0 Å². The number of rotatable bonds is 0. The van der Waals surface area contributed by atoms with Crippen molar-refractivity contribution in [3.05, 3.63) is 0 Å². The van der Waals surface area contributed by atoms with Gasteiger partial charge in [0, 0.05) is 0 Å². The molecule has 0 saturated heterocycles. The summed E-state index contributed by atoms with van der Waals surface area (Å²) in [5.74, 6) is -50.8. The molecule has 20 heteroatoms. The molecule has 0 aromatic heterocycles. The van der Waals surface area contributed by atoms with Crippen LogP contribution in [0, 0.1) is 10.8 Å². The Balaban J connectivity index is 2.90. The van der Waals surface area contributed by atoms with Crippen LogP contribution in [-0.4, -0.2) is 59.2 Å². The maximum absolute atomic E-state index is 15.0. The fourth-order valence-electron chi connectivity index (χ4n) is 5.23. The molecule has 0 N–H and O–H groups in total. The lowest BCUT2D eigenvalue weighted by atomic mass is 9.52. The highest BCUT2D eigenvalue weighted by atomic mass is 19.4. The summed E-state index contributed by atoms with van der Waals surface area (Å²) < 4.78 is 278. The predicted octanol–water partition coefficient (Wildman–Crippen LogP) is 6.35. The van der Waals surface area contributed by atoms with Gasteiger partial charge < -0.3 is 0 Å². The molecule has 3 fully saturated rings. The third-order valence-corrected chi connectivity index (χ3v) is 6.30. The smallest absolute Gasteiger partial charge is 0.231 e. The van der Waals surface area contributed by atoms with E-state index in [2.05, 4.69) is 0 Å². The first-order valence-electron chi connectivity index (χ1n) is 7.28. The third-order valence-electron chi connectivity index (χ3n) is 6.30. The Kier molecular flexibility index (Phi) is 3.83. The molecule has 188 valence electrons. The molecule has 32 heavy (non-hydrogen) atoms. The summed E-state index contributed by atoms with van der Waals surface area (Å²) in [5.41, 5.74) is -35.0. The van der Waals surface area contributed by atoms with Crippen molar-refractivity contribution in [1.82, 2.24) is 0 Å². The van der Waals surface area contributed by atoms with Gasteiger partial charge in [0.1, 0.15) is 0 Å². The van der Waals surface area contributed by atoms with Crippen LogP contribution in [0.5, 0.6) is 0 Å². The lowest BCUT2D eigenvalue weighted by Crippen LogP contribution is -2.83. The van der Waals surface area contributed by atoms with E-state index in [0.717, 1.165) is 0 Å². The Hall–Kier alpha value is -1.40. The van der Waals surface area contributed by atoms with Crippen molar-refractivity contribution < 1.29 is 87.8 Å². The van der Waals surface area contributed by atoms with E-state index in [1.165, 1.54) is 0 Å². The maximum atomic E-state index is 15.0. The maximum Gasteiger partial charge on any atom is 0.407 e. The SMILES string of the molecule is FC(F)(F)C12C(F)(F)C(F)(F)C(F)(C1(F)F)C1(F)C(F)(F)C(F)(F)C(F)(F)C12C(F)(F)F. The van der Waals surface area contributed by atoms with Crippen molar-refractivity contribution >= 4 is 0 Å². The molecule has 0 radical (unpaired) electrons. The topological polar surface area (TPSA) is 0 Å². The van der Waals surface area contributed by atoms with Crippen molar-refractivity contribution in [2.75, 3.05) is 0 Å². The van der Waals surface area contributed by atoms with Gasteiger partial charge in [0.15, 0.2) is 0 Å². The first kappa shape index (κ1) is 25.2. The molecule has 0 nitrogen and oxygen atoms in total. The first-order valence-corrected chi connectivity index (χ1v) is 7.28. The van der Waals surface area contributed by atoms with Crippen LogP contribution in [0.4, 0.5) is 87.8 Å². The molecular formula is C12F20. The van der Waals surface area contributed by atoms with Crippen LogP contribution in [0.25, 0.3) is 0 Å². The van der Waals surface area contributed by atoms with E-state index in [1.807, 2.05) is 0 Å². The summed E-state index contributed by atoms with van der Waals surface area (Å²) in [4.78, 5) is 0. The Morgan fingerprint density at radius 3 is 0.875 bits per heavy atom.